The summed E-state index contributed by atoms with van der Waals surface area (Å²) in [6, 6.07) is 0.296. The molecule has 28 heavy (non-hydrogen) atoms. The first-order chi connectivity index (χ1) is 13.3. The van der Waals surface area contributed by atoms with Gasteiger partial charge in [-0.3, -0.25) is 9.69 Å². The second-order valence-corrected chi connectivity index (χ2v) is 10.4. The number of carbonyl (C=O) groups is 1. The lowest BCUT2D eigenvalue weighted by Crippen LogP contribution is -2.59. The van der Waals surface area contributed by atoms with Crippen molar-refractivity contribution in [2.45, 2.75) is 71.9 Å². The van der Waals surface area contributed by atoms with E-state index in [-0.39, 0.29) is 6.04 Å². The smallest absolute Gasteiger partial charge is 0.481 e. The Morgan fingerprint density at radius 1 is 1.04 bits per heavy atom. The van der Waals surface area contributed by atoms with Crippen LogP contribution in [-0.2, 0) is 18.1 Å². The third-order valence-corrected chi connectivity index (χ3v) is 8.70. The van der Waals surface area contributed by atoms with Gasteiger partial charge in [-0.15, -0.1) is 0 Å². The molecule has 1 aliphatic rings. The summed E-state index contributed by atoms with van der Waals surface area (Å²) < 4.78 is 18.2. The van der Waals surface area contributed by atoms with Crippen LogP contribution >= 0.6 is 0 Å². The fourth-order valence-electron chi connectivity index (χ4n) is 4.01. The largest absolute Gasteiger partial charge is 0.515 e. The molecule has 166 valence electrons. The number of carboxylic acids is 1. The topological polar surface area (TPSA) is 71.5 Å². The molecule has 0 radical (unpaired) electrons. The molecule has 0 aliphatic heterocycles. The molecule has 0 amide bonds. The molecule has 1 aliphatic carbocycles. The molecule has 1 N–H and O–H groups in total. The molecular weight excluding hydrogens is 376 g/mol. The minimum atomic E-state index is -2.89. The minimum absolute atomic E-state index is 0.0639. The number of aliphatic carboxylic acids is 1. The van der Waals surface area contributed by atoms with Crippen molar-refractivity contribution < 1.29 is 23.2 Å². The van der Waals surface area contributed by atoms with Gasteiger partial charge in [0, 0.05) is 38.4 Å². The Kier molecular flexibility index (Phi) is 11.8. The lowest BCUT2D eigenvalue weighted by molar-refractivity contribution is -0.145. The molecule has 8 heteroatoms. The van der Waals surface area contributed by atoms with Crippen molar-refractivity contribution in [1.82, 2.24) is 9.80 Å². The molecule has 0 spiro atoms. The van der Waals surface area contributed by atoms with Crippen LogP contribution in [-0.4, -0.2) is 88.4 Å². The van der Waals surface area contributed by atoms with E-state index < -0.39 is 20.7 Å². The predicted molar refractivity (Wildman–Crippen MR) is 113 cm³/mol. The highest BCUT2D eigenvalue weighted by atomic mass is 28.4. The van der Waals surface area contributed by atoms with Crippen LogP contribution in [0.4, 0.5) is 0 Å². The van der Waals surface area contributed by atoms with Gasteiger partial charge >= 0.3 is 14.8 Å². The van der Waals surface area contributed by atoms with Gasteiger partial charge in [0.1, 0.15) is 0 Å². The van der Waals surface area contributed by atoms with Crippen molar-refractivity contribution in [3.05, 3.63) is 0 Å². The van der Waals surface area contributed by atoms with E-state index in [0.29, 0.717) is 38.6 Å². The van der Waals surface area contributed by atoms with Gasteiger partial charge in [-0.1, -0.05) is 19.3 Å². The van der Waals surface area contributed by atoms with Crippen molar-refractivity contribution in [2.24, 2.45) is 5.92 Å². The number of rotatable bonds is 14. The summed E-state index contributed by atoms with van der Waals surface area (Å²) in [7, 11) is 0.985. The number of hydrogen-bond acceptors (Lipinski definition) is 6. The molecule has 0 saturated heterocycles. The Morgan fingerprint density at radius 2 is 1.54 bits per heavy atom. The highest BCUT2D eigenvalue weighted by Crippen LogP contribution is 2.27. The van der Waals surface area contributed by atoms with Gasteiger partial charge in [0.2, 0.25) is 0 Å². The van der Waals surface area contributed by atoms with E-state index in [4.69, 9.17) is 13.3 Å². The normalized spacial score (nSPS) is 18.6. The molecule has 0 aromatic rings. The maximum Gasteiger partial charge on any atom is 0.515 e. The molecule has 0 aromatic carbocycles. The van der Waals surface area contributed by atoms with E-state index in [1.165, 1.54) is 19.3 Å². The molecule has 0 bridgehead atoms. The lowest BCUT2D eigenvalue weighted by Gasteiger charge is -2.41. The second kappa shape index (κ2) is 12.9. The Morgan fingerprint density at radius 3 is 1.93 bits per heavy atom. The van der Waals surface area contributed by atoms with Crippen molar-refractivity contribution >= 4 is 14.8 Å². The highest BCUT2D eigenvalue weighted by Gasteiger charge is 2.45. The Hall–Kier alpha value is -0.513. The maximum absolute atomic E-state index is 12.1. The fraction of sp³-hybridized carbons (Fsp3) is 0.950. The number of carboxylic acid groups (broad SMARTS) is 1. The van der Waals surface area contributed by atoms with Crippen molar-refractivity contribution in [1.29, 1.82) is 0 Å². The van der Waals surface area contributed by atoms with Gasteiger partial charge in [0.25, 0.3) is 0 Å². The third-order valence-electron chi connectivity index (χ3n) is 5.73. The van der Waals surface area contributed by atoms with Crippen LogP contribution in [0.1, 0.15) is 59.8 Å². The molecule has 0 heterocycles. The molecule has 0 aromatic heterocycles. The average molecular weight is 419 g/mol. The SMILES string of the molecule is CCO[Si](CN(CC(C(=O)O)C(C)N(C)C)C1CCCCC1)(OCC)OCC. The first kappa shape index (κ1) is 25.5. The van der Waals surface area contributed by atoms with E-state index in [0.717, 1.165) is 12.8 Å². The first-order valence-corrected chi connectivity index (χ1v) is 12.8. The van der Waals surface area contributed by atoms with Crippen molar-refractivity contribution in [2.75, 3.05) is 46.6 Å². The standard InChI is InChI=1S/C20H42N2O5Si/c1-7-25-28(26-8-2,27-9-3)16-22(18-13-11-10-12-14-18)15-19(20(23)24)17(4)21(5)6/h17-19H,7-16H2,1-6H3,(H,23,24). The summed E-state index contributed by atoms with van der Waals surface area (Å²) in [5, 5.41) is 9.91. The van der Waals surface area contributed by atoms with Crippen LogP contribution in [0.3, 0.4) is 0 Å². The molecule has 2 atom stereocenters. The van der Waals surface area contributed by atoms with E-state index in [1.54, 1.807) is 0 Å². The number of nitrogens with zero attached hydrogens (tertiary/aromatic N) is 2. The summed E-state index contributed by atoms with van der Waals surface area (Å²) in [4.78, 5) is 16.4. The Balaban J connectivity index is 3.12. The van der Waals surface area contributed by atoms with Gasteiger partial charge in [-0.2, -0.15) is 0 Å². The monoisotopic (exact) mass is 418 g/mol. The fourth-order valence-corrected chi connectivity index (χ4v) is 6.74. The zero-order valence-electron chi connectivity index (χ0n) is 18.8. The molecule has 1 saturated carbocycles. The second-order valence-electron chi connectivity index (χ2n) is 7.85. The highest BCUT2D eigenvalue weighted by molar-refractivity contribution is 6.60. The quantitative estimate of drug-likeness (QED) is 0.435. The van der Waals surface area contributed by atoms with E-state index in [1.807, 2.05) is 46.7 Å². The van der Waals surface area contributed by atoms with Crippen LogP contribution in [0.2, 0.25) is 0 Å². The summed E-state index contributed by atoms with van der Waals surface area (Å²) in [6.07, 6.45) is 6.38. The molecule has 1 fully saturated rings. The third kappa shape index (κ3) is 7.72. The lowest BCUT2D eigenvalue weighted by atomic mass is 9.92. The van der Waals surface area contributed by atoms with Crippen molar-refractivity contribution in [3.8, 4) is 0 Å². The first-order valence-electron chi connectivity index (χ1n) is 10.8. The van der Waals surface area contributed by atoms with Crippen LogP contribution < -0.4 is 0 Å². The molecule has 2 unspecified atom stereocenters. The predicted octanol–water partition coefficient (Wildman–Crippen LogP) is 2.86. The van der Waals surface area contributed by atoms with Crippen LogP contribution in [0.5, 0.6) is 0 Å². The summed E-state index contributed by atoms with van der Waals surface area (Å²) in [5.74, 6) is -1.23. The maximum atomic E-state index is 12.1. The van der Waals surface area contributed by atoms with E-state index in [9.17, 15) is 9.90 Å². The van der Waals surface area contributed by atoms with Crippen LogP contribution in [0, 0.1) is 5.92 Å². The zero-order chi connectivity index (χ0) is 21.2. The molecule has 7 nitrogen and oxygen atoms in total. The van der Waals surface area contributed by atoms with Crippen molar-refractivity contribution in [3.63, 3.8) is 0 Å². The molecular formula is C20H42N2O5Si. The van der Waals surface area contributed by atoms with E-state index >= 15 is 0 Å². The van der Waals surface area contributed by atoms with Crippen LogP contribution in [0.25, 0.3) is 0 Å². The Labute approximate surface area is 172 Å². The summed E-state index contributed by atoms with van der Waals surface area (Å²) in [6.45, 7) is 9.93. The number of hydrogen-bond donors (Lipinski definition) is 1. The van der Waals surface area contributed by atoms with Gasteiger partial charge in [-0.25, -0.2) is 0 Å². The van der Waals surface area contributed by atoms with Gasteiger partial charge in [0.15, 0.2) is 0 Å². The van der Waals surface area contributed by atoms with Gasteiger partial charge in [0.05, 0.1) is 12.1 Å². The van der Waals surface area contributed by atoms with Crippen LogP contribution in [0.15, 0.2) is 0 Å². The average Bonchev–Trinajstić information content (AvgIpc) is 2.65. The van der Waals surface area contributed by atoms with Gasteiger partial charge in [-0.05, 0) is 54.6 Å². The minimum Gasteiger partial charge on any atom is -0.481 e. The zero-order valence-corrected chi connectivity index (χ0v) is 19.8. The summed E-state index contributed by atoms with van der Waals surface area (Å²) >= 11 is 0. The molecule has 1 rings (SSSR count). The summed E-state index contributed by atoms with van der Waals surface area (Å²) in [5.41, 5.74) is 0. The van der Waals surface area contributed by atoms with E-state index in [2.05, 4.69) is 4.90 Å². The van der Waals surface area contributed by atoms with Gasteiger partial charge < -0.3 is 23.3 Å². The Bertz CT molecular complexity index is 429.